The Balaban J connectivity index is 1.93. The van der Waals surface area contributed by atoms with E-state index in [-0.39, 0.29) is 12.2 Å². The van der Waals surface area contributed by atoms with Crippen molar-refractivity contribution >= 4 is 27.5 Å². The summed E-state index contributed by atoms with van der Waals surface area (Å²) in [6.07, 6.45) is 1.02. The number of carbonyl (C=O) groups is 2. The number of aryl methyl sites for hydroxylation is 3. The van der Waals surface area contributed by atoms with Crippen LogP contribution in [0, 0.1) is 20.8 Å². The van der Waals surface area contributed by atoms with Crippen molar-refractivity contribution in [2.45, 2.75) is 20.8 Å². The van der Waals surface area contributed by atoms with Gasteiger partial charge in [-0.25, -0.2) is 8.42 Å². The predicted octanol–water partition coefficient (Wildman–Crippen LogP) is 1.82. The quantitative estimate of drug-likeness (QED) is 0.635. The van der Waals surface area contributed by atoms with Gasteiger partial charge in [0.15, 0.2) is 6.61 Å². The molecule has 0 atom stereocenters. The molecular weight excluding hydrogens is 382 g/mol. The van der Waals surface area contributed by atoms with Crippen LogP contribution in [0.1, 0.15) is 27.0 Å². The number of amides is 2. The van der Waals surface area contributed by atoms with Crippen LogP contribution in [0.5, 0.6) is 5.75 Å². The van der Waals surface area contributed by atoms with Crippen molar-refractivity contribution in [2.24, 2.45) is 0 Å². The molecule has 0 aliphatic heterocycles. The maximum Gasteiger partial charge on any atom is 0.276 e. The maximum absolute atomic E-state index is 12.2. The first kappa shape index (κ1) is 21.2. The van der Waals surface area contributed by atoms with Crippen molar-refractivity contribution in [1.29, 1.82) is 0 Å². The summed E-state index contributed by atoms with van der Waals surface area (Å²) in [5, 5.41) is 0. The third-order valence-electron chi connectivity index (χ3n) is 3.81. The molecule has 8 nitrogen and oxygen atoms in total. The summed E-state index contributed by atoms with van der Waals surface area (Å²) in [6.45, 7) is 5.23. The zero-order valence-corrected chi connectivity index (χ0v) is 16.9. The van der Waals surface area contributed by atoms with Crippen LogP contribution in [-0.2, 0) is 14.8 Å². The fraction of sp³-hybridized carbons (Fsp3) is 0.263. The summed E-state index contributed by atoms with van der Waals surface area (Å²) in [4.78, 5) is 24.1. The Morgan fingerprint density at radius 1 is 0.964 bits per heavy atom. The molecular formula is C19H23N3O5S. The van der Waals surface area contributed by atoms with Gasteiger partial charge in [-0.1, -0.05) is 18.2 Å². The monoisotopic (exact) mass is 405 g/mol. The minimum atomic E-state index is -3.48. The molecule has 0 fully saturated rings. The van der Waals surface area contributed by atoms with Crippen molar-refractivity contribution in [3.63, 3.8) is 0 Å². The number of sulfonamides is 1. The summed E-state index contributed by atoms with van der Waals surface area (Å²) in [7, 11) is -3.48. The Morgan fingerprint density at radius 2 is 1.64 bits per heavy atom. The van der Waals surface area contributed by atoms with E-state index in [0.717, 1.165) is 17.4 Å². The van der Waals surface area contributed by atoms with E-state index in [1.165, 1.54) is 12.1 Å². The number of hydrazine groups is 1. The summed E-state index contributed by atoms with van der Waals surface area (Å²) in [5.74, 6) is -0.524. The molecule has 0 aliphatic rings. The highest BCUT2D eigenvalue weighted by molar-refractivity contribution is 7.92. The lowest BCUT2D eigenvalue weighted by Gasteiger charge is -2.12. The van der Waals surface area contributed by atoms with Gasteiger partial charge in [-0.3, -0.25) is 25.2 Å². The van der Waals surface area contributed by atoms with Gasteiger partial charge in [-0.2, -0.15) is 0 Å². The van der Waals surface area contributed by atoms with Crippen LogP contribution >= 0.6 is 0 Å². The van der Waals surface area contributed by atoms with Crippen LogP contribution < -0.4 is 20.3 Å². The summed E-state index contributed by atoms with van der Waals surface area (Å²) in [6, 6.07) is 10.2. The van der Waals surface area contributed by atoms with E-state index in [2.05, 4.69) is 15.6 Å². The first-order chi connectivity index (χ1) is 13.0. The van der Waals surface area contributed by atoms with E-state index >= 15 is 0 Å². The lowest BCUT2D eigenvalue weighted by molar-refractivity contribution is -0.123. The van der Waals surface area contributed by atoms with E-state index in [9.17, 15) is 18.0 Å². The molecule has 2 rings (SSSR count). The molecule has 0 radical (unpaired) electrons. The average Bonchev–Trinajstić information content (AvgIpc) is 2.61. The summed E-state index contributed by atoms with van der Waals surface area (Å²) >= 11 is 0. The van der Waals surface area contributed by atoms with Crippen LogP contribution in [0.2, 0.25) is 0 Å². The number of carbonyl (C=O) groups excluding carboxylic acids is 2. The molecule has 0 aliphatic carbocycles. The summed E-state index contributed by atoms with van der Waals surface area (Å²) in [5.41, 5.74) is 7.58. The van der Waals surface area contributed by atoms with E-state index in [1.54, 1.807) is 13.0 Å². The Kier molecular flexibility index (Phi) is 6.63. The minimum Gasteiger partial charge on any atom is -0.483 e. The van der Waals surface area contributed by atoms with Gasteiger partial charge >= 0.3 is 0 Å². The Morgan fingerprint density at radius 3 is 2.32 bits per heavy atom. The second-order valence-corrected chi connectivity index (χ2v) is 8.21. The highest BCUT2D eigenvalue weighted by Crippen LogP contribution is 2.19. The van der Waals surface area contributed by atoms with Crippen LogP contribution in [0.4, 0.5) is 5.69 Å². The Hall–Kier alpha value is -3.07. The molecule has 0 saturated carbocycles. The molecule has 0 spiro atoms. The number of hydrogen-bond acceptors (Lipinski definition) is 5. The van der Waals surface area contributed by atoms with Gasteiger partial charge in [0.25, 0.3) is 11.8 Å². The normalized spacial score (nSPS) is 10.9. The van der Waals surface area contributed by atoms with Gasteiger partial charge in [0.1, 0.15) is 5.75 Å². The molecule has 2 aromatic carbocycles. The Labute approximate surface area is 164 Å². The molecule has 150 valence electrons. The molecule has 2 aromatic rings. The van der Waals surface area contributed by atoms with Gasteiger partial charge in [0.2, 0.25) is 10.0 Å². The van der Waals surface area contributed by atoms with Crippen molar-refractivity contribution in [2.75, 3.05) is 17.6 Å². The number of nitrogens with one attached hydrogen (secondary N) is 3. The molecule has 0 bridgehead atoms. The predicted molar refractivity (Wildman–Crippen MR) is 107 cm³/mol. The van der Waals surface area contributed by atoms with E-state index in [1.807, 2.05) is 32.0 Å². The van der Waals surface area contributed by atoms with Crippen LogP contribution in [0.15, 0.2) is 36.4 Å². The topological polar surface area (TPSA) is 114 Å². The first-order valence-corrected chi connectivity index (χ1v) is 10.3. The number of hydrogen-bond donors (Lipinski definition) is 3. The van der Waals surface area contributed by atoms with Crippen molar-refractivity contribution < 1.29 is 22.7 Å². The van der Waals surface area contributed by atoms with Crippen LogP contribution in [-0.4, -0.2) is 33.1 Å². The molecule has 0 saturated heterocycles. The Bertz CT molecular complexity index is 1000. The van der Waals surface area contributed by atoms with Gasteiger partial charge in [-0.15, -0.1) is 0 Å². The third-order valence-corrected chi connectivity index (χ3v) is 4.40. The average molecular weight is 405 g/mol. The number of anilines is 1. The van der Waals surface area contributed by atoms with Crippen LogP contribution in [0.3, 0.4) is 0 Å². The molecule has 0 aromatic heterocycles. The van der Waals surface area contributed by atoms with E-state index in [4.69, 9.17) is 4.74 Å². The largest absolute Gasteiger partial charge is 0.483 e. The maximum atomic E-state index is 12.2. The fourth-order valence-electron chi connectivity index (χ4n) is 2.31. The molecule has 0 heterocycles. The molecule has 9 heteroatoms. The zero-order chi connectivity index (χ0) is 20.9. The van der Waals surface area contributed by atoms with Gasteiger partial charge < -0.3 is 4.74 Å². The minimum absolute atomic E-state index is 0.187. The SMILES string of the molecule is Cc1ccc(C)c(OCC(=O)NNC(=O)c2ccc(C)c(NS(C)(=O)=O)c2)c1. The second-order valence-electron chi connectivity index (χ2n) is 6.46. The van der Waals surface area contributed by atoms with Gasteiger partial charge in [0.05, 0.1) is 11.9 Å². The lowest BCUT2D eigenvalue weighted by atomic mass is 10.1. The van der Waals surface area contributed by atoms with Crippen molar-refractivity contribution in [3.8, 4) is 5.75 Å². The highest BCUT2D eigenvalue weighted by Gasteiger charge is 2.12. The number of ether oxygens (including phenoxy) is 1. The molecule has 0 unspecified atom stereocenters. The van der Waals surface area contributed by atoms with Gasteiger partial charge in [0, 0.05) is 5.56 Å². The molecule has 2 amide bonds. The fourth-order valence-corrected chi connectivity index (χ4v) is 2.93. The van der Waals surface area contributed by atoms with Crippen molar-refractivity contribution in [1.82, 2.24) is 10.9 Å². The summed E-state index contributed by atoms with van der Waals surface area (Å²) < 4.78 is 30.6. The first-order valence-electron chi connectivity index (χ1n) is 8.43. The molecule has 3 N–H and O–H groups in total. The highest BCUT2D eigenvalue weighted by atomic mass is 32.2. The number of rotatable bonds is 6. The van der Waals surface area contributed by atoms with E-state index < -0.39 is 21.8 Å². The smallest absolute Gasteiger partial charge is 0.276 e. The van der Waals surface area contributed by atoms with Crippen molar-refractivity contribution in [3.05, 3.63) is 58.7 Å². The second kappa shape index (κ2) is 8.75. The van der Waals surface area contributed by atoms with Gasteiger partial charge in [-0.05, 0) is 55.7 Å². The zero-order valence-electron chi connectivity index (χ0n) is 16.1. The molecule has 28 heavy (non-hydrogen) atoms. The van der Waals surface area contributed by atoms with Crippen LogP contribution in [0.25, 0.3) is 0 Å². The standard InChI is InChI=1S/C19H23N3O5S/c1-12-5-6-14(3)17(9-12)27-11-18(23)20-21-19(24)15-8-7-13(2)16(10-15)22-28(4,25)26/h5-10,22H,11H2,1-4H3,(H,20,23)(H,21,24). The van der Waals surface area contributed by atoms with E-state index in [0.29, 0.717) is 17.0 Å². The number of benzene rings is 2. The lowest BCUT2D eigenvalue weighted by Crippen LogP contribution is -2.43. The third kappa shape index (κ3) is 6.27.